The van der Waals surface area contributed by atoms with Crippen LogP contribution in [0, 0.1) is 12.8 Å². The van der Waals surface area contributed by atoms with Crippen LogP contribution in [0.15, 0.2) is 109 Å². The first kappa shape index (κ1) is 43.6. The molecule has 1 heterocycles. The van der Waals surface area contributed by atoms with Gasteiger partial charge in [0.2, 0.25) is 11.8 Å². The molecule has 4 aromatic carbocycles. The fraction of sp³-hybridized carbons (Fsp3) is 0.348. The molecule has 1 aliphatic rings. The highest BCUT2D eigenvalue weighted by Crippen LogP contribution is 2.40. The lowest BCUT2D eigenvalue weighted by atomic mass is 9.89. The van der Waals surface area contributed by atoms with Crippen molar-refractivity contribution >= 4 is 47.1 Å². The third-order valence-electron chi connectivity index (χ3n) is 10.0. The van der Waals surface area contributed by atoms with Crippen molar-refractivity contribution in [2.75, 3.05) is 10.6 Å². The van der Waals surface area contributed by atoms with Gasteiger partial charge in [0.15, 0.2) is 6.04 Å². The Morgan fingerprint density at radius 1 is 0.746 bits per heavy atom. The van der Waals surface area contributed by atoms with Crippen molar-refractivity contribution in [1.82, 2.24) is 20.4 Å². The normalized spacial score (nSPS) is 16.9. The molecule has 7 amide bonds. The van der Waals surface area contributed by atoms with Crippen molar-refractivity contribution in [3.63, 3.8) is 0 Å². The third-order valence-corrected chi connectivity index (χ3v) is 10.0. The van der Waals surface area contributed by atoms with Crippen LogP contribution in [0.2, 0.25) is 0 Å². The molecule has 1 fully saturated rings. The van der Waals surface area contributed by atoms with E-state index < -0.39 is 65.0 Å². The van der Waals surface area contributed by atoms with Crippen molar-refractivity contribution in [1.29, 1.82) is 0 Å². The number of nitrogens with one attached hydrogen (secondary N) is 4. The molecule has 0 radical (unpaired) electrons. The highest BCUT2D eigenvalue weighted by molar-refractivity contribution is 6.10. The molecular weight excluding hydrogens is 749 g/mol. The second-order valence-corrected chi connectivity index (χ2v) is 16.3. The number of carbonyl (C=O) groups is 6. The zero-order valence-corrected chi connectivity index (χ0v) is 34.9. The molecule has 1 saturated heterocycles. The van der Waals surface area contributed by atoms with Gasteiger partial charge in [-0.05, 0) is 94.3 Å². The molecule has 4 N–H and O–H groups in total. The standard InChI is InChI=1S/C46H54N6O7/c1-29(2)27-37(40(54)47-31(4)39(53)50-38(33-18-11-9-12-19-33)41(55)59-45(5,6)7)52-42(56)46(8,34-20-13-10-14-21-34)51(44(52)58)28-32-23-25-35(26-24-32)48-43(57)49-36-22-16-15-17-30(36)3/h9-26,29,31,37-38H,27-28H2,1-8H3,(H,47,54)(H,50,53)(H2,48,49,57)/t31-,37?,38-,46?/m0/s1. The minimum Gasteiger partial charge on any atom is -0.458 e. The average molecular weight is 803 g/mol. The Labute approximate surface area is 345 Å². The van der Waals surface area contributed by atoms with Crippen molar-refractivity contribution in [3.8, 4) is 0 Å². The van der Waals surface area contributed by atoms with E-state index >= 15 is 0 Å². The van der Waals surface area contributed by atoms with Gasteiger partial charge in [0, 0.05) is 17.9 Å². The zero-order valence-electron chi connectivity index (χ0n) is 34.9. The minimum atomic E-state index is -1.50. The molecule has 0 bridgehead atoms. The fourth-order valence-electron chi connectivity index (χ4n) is 6.88. The van der Waals surface area contributed by atoms with Gasteiger partial charge in [-0.15, -0.1) is 0 Å². The summed E-state index contributed by atoms with van der Waals surface area (Å²) < 4.78 is 5.60. The maximum absolute atomic E-state index is 14.7. The summed E-state index contributed by atoms with van der Waals surface area (Å²) in [5.41, 5.74) is 1.51. The van der Waals surface area contributed by atoms with Crippen LogP contribution < -0.4 is 21.3 Å². The molecule has 2 unspecified atom stereocenters. The van der Waals surface area contributed by atoms with E-state index in [1.54, 1.807) is 107 Å². The summed E-state index contributed by atoms with van der Waals surface area (Å²) in [6, 6.07) is 27.2. The quantitative estimate of drug-likeness (QED) is 0.0760. The zero-order chi connectivity index (χ0) is 43.1. The third kappa shape index (κ3) is 10.5. The average Bonchev–Trinajstić information content (AvgIpc) is 3.37. The largest absolute Gasteiger partial charge is 0.458 e. The van der Waals surface area contributed by atoms with Gasteiger partial charge in [0.25, 0.3) is 5.91 Å². The monoisotopic (exact) mass is 802 g/mol. The van der Waals surface area contributed by atoms with Gasteiger partial charge < -0.3 is 30.9 Å². The predicted molar refractivity (Wildman–Crippen MR) is 226 cm³/mol. The minimum absolute atomic E-state index is 0.00250. The summed E-state index contributed by atoms with van der Waals surface area (Å²) in [4.78, 5) is 85.7. The number of rotatable bonds is 14. The van der Waals surface area contributed by atoms with Gasteiger partial charge in [-0.2, -0.15) is 0 Å². The number of esters is 1. The Morgan fingerprint density at radius 3 is 1.93 bits per heavy atom. The van der Waals surface area contributed by atoms with Gasteiger partial charge >= 0.3 is 18.0 Å². The fourth-order valence-corrected chi connectivity index (χ4v) is 6.88. The molecule has 0 aromatic heterocycles. The number of anilines is 2. The van der Waals surface area contributed by atoms with Gasteiger partial charge in [-0.1, -0.05) is 105 Å². The molecule has 4 atom stereocenters. The topological polar surface area (TPSA) is 166 Å². The number of hydrogen-bond acceptors (Lipinski definition) is 7. The van der Waals surface area contributed by atoms with Gasteiger partial charge in [0.1, 0.15) is 23.2 Å². The van der Waals surface area contributed by atoms with Crippen LogP contribution in [0.3, 0.4) is 0 Å². The van der Waals surface area contributed by atoms with Crippen molar-refractivity contribution < 1.29 is 33.5 Å². The molecule has 310 valence electrons. The Balaban J connectivity index is 1.37. The Bertz CT molecular complexity index is 2150. The molecule has 0 spiro atoms. The van der Waals surface area contributed by atoms with Gasteiger partial charge in [0.05, 0.1) is 0 Å². The molecule has 4 aromatic rings. The molecular formula is C46H54N6O7. The molecule has 0 saturated carbocycles. The van der Waals surface area contributed by atoms with Crippen LogP contribution in [0.25, 0.3) is 0 Å². The van der Waals surface area contributed by atoms with Crippen LogP contribution in [0.4, 0.5) is 21.0 Å². The predicted octanol–water partition coefficient (Wildman–Crippen LogP) is 7.44. The second kappa shape index (κ2) is 18.4. The summed E-state index contributed by atoms with van der Waals surface area (Å²) in [7, 11) is 0. The van der Waals surface area contributed by atoms with Crippen LogP contribution in [-0.4, -0.2) is 63.2 Å². The number of carbonyl (C=O) groups excluding carboxylic acids is 6. The van der Waals surface area contributed by atoms with E-state index in [4.69, 9.17) is 4.74 Å². The Morgan fingerprint density at radius 2 is 1.34 bits per heavy atom. The number of ether oxygens (including phenoxy) is 1. The van der Waals surface area contributed by atoms with Crippen LogP contribution >= 0.6 is 0 Å². The van der Waals surface area contributed by atoms with E-state index in [-0.39, 0.29) is 18.9 Å². The molecule has 1 aliphatic heterocycles. The smallest absolute Gasteiger partial charge is 0.333 e. The molecule has 13 nitrogen and oxygen atoms in total. The maximum atomic E-state index is 14.7. The van der Waals surface area contributed by atoms with E-state index in [1.165, 1.54) is 11.8 Å². The number of nitrogens with zero attached hydrogens (tertiary/aromatic N) is 2. The summed E-state index contributed by atoms with van der Waals surface area (Å²) >= 11 is 0. The van der Waals surface area contributed by atoms with Crippen LogP contribution in [0.1, 0.15) is 83.2 Å². The van der Waals surface area contributed by atoms with Crippen LogP contribution in [0.5, 0.6) is 0 Å². The number of benzene rings is 4. The van der Waals surface area contributed by atoms with E-state index in [1.807, 2.05) is 51.1 Å². The van der Waals surface area contributed by atoms with E-state index in [0.717, 1.165) is 10.5 Å². The molecule has 0 aliphatic carbocycles. The Hall–Kier alpha value is -6.50. The number of imide groups is 1. The lowest BCUT2D eigenvalue weighted by molar-refractivity contribution is -0.159. The number of amides is 7. The van der Waals surface area contributed by atoms with E-state index in [2.05, 4.69) is 21.3 Å². The highest BCUT2D eigenvalue weighted by atomic mass is 16.6. The first-order chi connectivity index (χ1) is 27.9. The second-order valence-electron chi connectivity index (χ2n) is 16.3. The summed E-state index contributed by atoms with van der Waals surface area (Å²) in [5, 5.41) is 11.1. The van der Waals surface area contributed by atoms with Gasteiger partial charge in [-0.3, -0.25) is 14.4 Å². The van der Waals surface area contributed by atoms with Crippen molar-refractivity contribution in [2.45, 2.75) is 97.6 Å². The number of urea groups is 2. The molecule has 59 heavy (non-hydrogen) atoms. The number of hydrogen-bond donors (Lipinski definition) is 4. The van der Waals surface area contributed by atoms with Crippen molar-refractivity contribution in [3.05, 3.63) is 131 Å². The summed E-state index contributed by atoms with van der Waals surface area (Å²) in [5.74, 6) is -2.76. The van der Waals surface area contributed by atoms with E-state index in [0.29, 0.717) is 28.1 Å². The lowest BCUT2D eigenvalue weighted by Crippen LogP contribution is -2.55. The van der Waals surface area contributed by atoms with Crippen LogP contribution in [-0.2, 0) is 36.0 Å². The summed E-state index contributed by atoms with van der Waals surface area (Å²) in [6.45, 7) is 13.9. The maximum Gasteiger partial charge on any atom is 0.333 e. The highest BCUT2D eigenvalue weighted by Gasteiger charge is 2.58. The number of aryl methyl sites for hydroxylation is 1. The first-order valence-electron chi connectivity index (χ1n) is 19.7. The van der Waals surface area contributed by atoms with Gasteiger partial charge in [-0.25, -0.2) is 19.3 Å². The lowest BCUT2D eigenvalue weighted by Gasteiger charge is -2.32. The first-order valence-corrected chi connectivity index (χ1v) is 19.7. The summed E-state index contributed by atoms with van der Waals surface area (Å²) in [6.07, 6.45) is 0.117. The van der Waals surface area contributed by atoms with E-state index in [9.17, 15) is 28.8 Å². The number of para-hydroxylation sites is 1. The Kier molecular flexibility index (Phi) is 13.6. The molecule has 5 rings (SSSR count). The SMILES string of the molecule is Cc1ccccc1NC(=O)Nc1ccc(CN2C(=O)N(C(CC(C)C)C(=O)N[C@@H](C)C(=O)N[C@H](C(=O)OC(C)(C)C)c3ccccc3)C(=O)C2(C)c2ccccc2)cc1. The van der Waals surface area contributed by atoms with Crippen molar-refractivity contribution in [2.24, 2.45) is 5.92 Å². The molecule has 13 heteroatoms.